The topological polar surface area (TPSA) is 72.0 Å². The fourth-order valence-electron chi connectivity index (χ4n) is 3.04. The van der Waals surface area contributed by atoms with Gasteiger partial charge < -0.3 is 9.47 Å². The molecule has 2 atom stereocenters. The summed E-state index contributed by atoms with van der Waals surface area (Å²) in [4.78, 5) is 4.14. The fourth-order valence-corrected chi connectivity index (χ4v) is 4.29. The first-order valence-corrected chi connectivity index (χ1v) is 8.63. The van der Waals surface area contributed by atoms with E-state index in [0.717, 1.165) is 0 Å². The highest BCUT2D eigenvalue weighted by atomic mass is 32.2. The molecule has 3 rings (SSSR count). The van der Waals surface area contributed by atoms with E-state index in [1.165, 1.54) is 8.61 Å². The van der Waals surface area contributed by atoms with Gasteiger partial charge in [-0.2, -0.15) is 17.0 Å². The van der Waals surface area contributed by atoms with Crippen LogP contribution in [-0.2, 0) is 14.9 Å². The molecule has 8 heteroatoms. The van der Waals surface area contributed by atoms with Crippen molar-refractivity contribution in [2.75, 3.05) is 47.0 Å². The first-order valence-electron chi connectivity index (χ1n) is 7.23. The molecule has 2 fully saturated rings. The summed E-state index contributed by atoms with van der Waals surface area (Å²) in [6.45, 7) is 2.40. The summed E-state index contributed by atoms with van der Waals surface area (Å²) in [7, 11) is -0.295. The highest BCUT2D eigenvalue weighted by Gasteiger charge is 2.54. The van der Waals surface area contributed by atoms with Crippen LogP contribution < -0.4 is 4.74 Å². The summed E-state index contributed by atoms with van der Waals surface area (Å²) in [5, 5.41) is 0. The van der Waals surface area contributed by atoms with Crippen molar-refractivity contribution in [2.45, 2.75) is 0 Å². The van der Waals surface area contributed by atoms with Gasteiger partial charge >= 0.3 is 0 Å². The maximum absolute atomic E-state index is 12.3. The van der Waals surface area contributed by atoms with E-state index in [0.29, 0.717) is 38.8 Å². The van der Waals surface area contributed by atoms with Gasteiger partial charge in [-0.1, -0.05) is 6.07 Å². The Morgan fingerprint density at radius 3 is 3.00 bits per heavy atom. The van der Waals surface area contributed by atoms with E-state index < -0.39 is 10.2 Å². The largest absolute Gasteiger partial charge is 0.477 e. The minimum atomic E-state index is -3.40. The molecule has 0 saturated carbocycles. The number of rotatable bonds is 5. The first-order chi connectivity index (χ1) is 10.4. The standard InChI is InChI=1S/C14H21N3O4S/c1-16(2)22(18,19)17-7-12-8-20-10-14(12,9-17)11-21-13-5-3-4-6-15-13/h3-6,12H,7-11H2,1-2H3/t12-,14+/m0/s1. The maximum Gasteiger partial charge on any atom is 0.281 e. The van der Waals surface area contributed by atoms with Crippen molar-refractivity contribution in [3.63, 3.8) is 0 Å². The lowest BCUT2D eigenvalue weighted by atomic mass is 9.82. The van der Waals surface area contributed by atoms with Crippen molar-refractivity contribution in [1.82, 2.24) is 13.6 Å². The van der Waals surface area contributed by atoms with Crippen LogP contribution >= 0.6 is 0 Å². The molecule has 2 aliphatic rings. The van der Waals surface area contributed by atoms with Crippen LogP contribution in [0.2, 0.25) is 0 Å². The molecular formula is C14H21N3O4S. The number of pyridine rings is 1. The molecule has 2 saturated heterocycles. The number of hydrogen-bond acceptors (Lipinski definition) is 5. The molecule has 22 heavy (non-hydrogen) atoms. The number of ether oxygens (including phenoxy) is 2. The molecule has 7 nitrogen and oxygen atoms in total. The van der Waals surface area contributed by atoms with E-state index in [2.05, 4.69) is 4.98 Å². The summed E-state index contributed by atoms with van der Waals surface area (Å²) >= 11 is 0. The van der Waals surface area contributed by atoms with Gasteiger partial charge in [0.2, 0.25) is 5.88 Å². The van der Waals surface area contributed by atoms with Crippen LogP contribution in [0.25, 0.3) is 0 Å². The molecule has 0 aromatic carbocycles. The lowest BCUT2D eigenvalue weighted by Gasteiger charge is -2.27. The van der Waals surface area contributed by atoms with Crippen molar-refractivity contribution in [3.8, 4) is 5.88 Å². The molecule has 0 radical (unpaired) electrons. The van der Waals surface area contributed by atoms with Crippen molar-refractivity contribution in [3.05, 3.63) is 24.4 Å². The van der Waals surface area contributed by atoms with Crippen LogP contribution in [0.15, 0.2) is 24.4 Å². The Hall–Kier alpha value is -1.22. The van der Waals surface area contributed by atoms with Gasteiger partial charge in [0.05, 0.1) is 19.8 Å². The maximum atomic E-state index is 12.3. The Bertz CT molecular complexity index is 622. The molecule has 2 aliphatic heterocycles. The van der Waals surface area contributed by atoms with Crippen molar-refractivity contribution in [1.29, 1.82) is 0 Å². The molecule has 122 valence electrons. The van der Waals surface area contributed by atoms with Gasteiger partial charge in [0.1, 0.15) is 0 Å². The summed E-state index contributed by atoms with van der Waals surface area (Å²) in [6.07, 6.45) is 1.67. The number of nitrogens with zero attached hydrogens (tertiary/aromatic N) is 3. The number of aromatic nitrogens is 1. The fraction of sp³-hybridized carbons (Fsp3) is 0.643. The summed E-state index contributed by atoms with van der Waals surface area (Å²) < 4.78 is 38.8. The second-order valence-corrected chi connectivity index (χ2v) is 8.26. The predicted octanol–water partition coefficient (Wildman–Crippen LogP) is 0.215. The zero-order valence-corrected chi connectivity index (χ0v) is 13.6. The number of hydrogen-bond donors (Lipinski definition) is 0. The second kappa shape index (κ2) is 5.77. The Balaban J connectivity index is 1.74. The number of fused-ring (bicyclic) bond motifs is 1. The van der Waals surface area contributed by atoms with E-state index in [1.54, 1.807) is 26.4 Å². The van der Waals surface area contributed by atoms with E-state index in [4.69, 9.17) is 9.47 Å². The highest BCUT2D eigenvalue weighted by molar-refractivity contribution is 7.86. The third-order valence-corrected chi connectivity index (χ3v) is 6.28. The SMILES string of the molecule is CN(C)S(=O)(=O)N1C[C@H]2COC[C@@]2(COc2ccccn2)C1. The van der Waals surface area contributed by atoms with Crippen LogP contribution in [0.3, 0.4) is 0 Å². The van der Waals surface area contributed by atoms with Crippen molar-refractivity contribution in [2.24, 2.45) is 11.3 Å². The molecule has 0 bridgehead atoms. The second-order valence-electron chi connectivity index (χ2n) is 6.11. The average molecular weight is 327 g/mol. The summed E-state index contributed by atoms with van der Waals surface area (Å²) in [5.74, 6) is 0.711. The van der Waals surface area contributed by atoms with Crippen LogP contribution in [0.4, 0.5) is 0 Å². The molecular weight excluding hydrogens is 306 g/mol. The van der Waals surface area contributed by atoms with E-state index in [1.807, 2.05) is 12.1 Å². The average Bonchev–Trinajstić information content (AvgIpc) is 3.03. The minimum absolute atomic E-state index is 0.158. The van der Waals surface area contributed by atoms with E-state index in [9.17, 15) is 8.42 Å². The van der Waals surface area contributed by atoms with Crippen LogP contribution in [0.1, 0.15) is 0 Å². The lowest BCUT2D eigenvalue weighted by Crippen LogP contribution is -2.42. The molecule has 1 aromatic heterocycles. The molecule has 0 N–H and O–H groups in total. The smallest absolute Gasteiger partial charge is 0.281 e. The van der Waals surface area contributed by atoms with Gasteiger partial charge in [-0.15, -0.1) is 0 Å². The summed E-state index contributed by atoms with van der Waals surface area (Å²) in [6, 6.07) is 5.48. The zero-order chi connectivity index (χ0) is 15.8. The Labute approximate surface area is 131 Å². The molecule has 0 amide bonds. The van der Waals surface area contributed by atoms with E-state index >= 15 is 0 Å². The van der Waals surface area contributed by atoms with Gasteiger partial charge in [-0.25, -0.2) is 4.98 Å². The molecule has 0 unspecified atom stereocenters. The quantitative estimate of drug-likeness (QED) is 0.773. The van der Waals surface area contributed by atoms with Gasteiger partial charge in [-0.05, 0) is 6.07 Å². The first kappa shape index (κ1) is 15.7. The van der Waals surface area contributed by atoms with E-state index in [-0.39, 0.29) is 11.3 Å². The normalized spacial score (nSPS) is 29.0. The van der Waals surface area contributed by atoms with Gasteiger partial charge in [-0.3, -0.25) is 0 Å². The molecule has 0 aliphatic carbocycles. The molecule has 0 spiro atoms. The minimum Gasteiger partial charge on any atom is -0.477 e. The third kappa shape index (κ3) is 2.71. The Kier molecular flexibility index (Phi) is 4.11. The Morgan fingerprint density at radius 2 is 2.32 bits per heavy atom. The van der Waals surface area contributed by atoms with Gasteiger partial charge in [0.15, 0.2) is 0 Å². The van der Waals surface area contributed by atoms with Crippen LogP contribution in [0.5, 0.6) is 5.88 Å². The van der Waals surface area contributed by atoms with Gasteiger partial charge in [0.25, 0.3) is 10.2 Å². The lowest BCUT2D eigenvalue weighted by molar-refractivity contribution is 0.0987. The molecule has 3 heterocycles. The van der Waals surface area contributed by atoms with Gasteiger partial charge in [0, 0.05) is 50.8 Å². The third-order valence-electron chi connectivity index (χ3n) is 4.42. The van der Waals surface area contributed by atoms with Crippen molar-refractivity contribution < 1.29 is 17.9 Å². The van der Waals surface area contributed by atoms with Crippen LogP contribution in [-0.4, -0.2) is 69.0 Å². The van der Waals surface area contributed by atoms with Crippen molar-refractivity contribution >= 4 is 10.2 Å². The zero-order valence-electron chi connectivity index (χ0n) is 12.8. The van der Waals surface area contributed by atoms with Crippen LogP contribution in [0, 0.1) is 11.3 Å². The monoisotopic (exact) mass is 327 g/mol. The highest BCUT2D eigenvalue weighted by Crippen LogP contribution is 2.42. The molecule has 1 aromatic rings. The Morgan fingerprint density at radius 1 is 1.50 bits per heavy atom. The predicted molar refractivity (Wildman–Crippen MR) is 80.7 cm³/mol. The summed E-state index contributed by atoms with van der Waals surface area (Å²) in [5.41, 5.74) is -0.291.